The maximum absolute atomic E-state index is 12.8. The minimum Gasteiger partial charge on any atom is -0.481 e. The average Bonchev–Trinajstić information content (AvgIpc) is 2.70. The number of rotatable bonds is 6. The van der Waals surface area contributed by atoms with Crippen LogP contribution in [-0.2, 0) is 14.3 Å². The molecule has 0 N–H and O–H groups in total. The second kappa shape index (κ2) is 8.74. The molecule has 2 amide bonds. The summed E-state index contributed by atoms with van der Waals surface area (Å²) in [7, 11) is 1.66. The van der Waals surface area contributed by atoms with Gasteiger partial charge in [0.2, 0.25) is 5.91 Å². The number of likely N-dealkylation sites (tertiary alicyclic amines) is 2. The molecule has 2 aliphatic heterocycles. The van der Waals surface area contributed by atoms with Crippen LogP contribution >= 0.6 is 0 Å². The Morgan fingerprint density at radius 1 is 1.19 bits per heavy atom. The number of para-hydroxylation sites is 1. The molecule has 6 nitrogen and oxygen atoms in total. The molecule has 27 heavy (non-hydrogen) atoms. The molecule has 1 spiro atoms. The molecule has 0 aliphatic carbocycles. The van der Waals surface area contributed by atoms with Crippen LogP contribution in [0.15, 0.2) is 30.3 Å². The number of hydrogen-bond donors (Lipinski definition) is 0. The lowest BCUT2D eigenvalue weighted by atomic mass is 9.72. The van der Waals surface area contributed by atoms with E-state index in [1.165, 1.54) is 0 Å². The van der Waals surface area contributed by atoms with Crippen molar-refractivity contribution in [1.29, 1.82) is 0 Å². The Bertz CT molecular complexity index is 641. The third kappa shape index (κ3) is 4.80. The first kappa shape index (κ1) is 19.7. The largest absolute Gasteiger partial charge is 0.481 e. The topological polar surface area (TPSA) is 59.1 Å². The van der Waals surface area contributed by atoms with Crippen LogP contribution in [0.25, 0.3) is 0 Å². The zero-order chi connectivity index (χ0) is 19.3. The van der Waals surface area contributed by atoms with Crippen LogP contribution in [0.4, 0.5) is 0 Å². The van der Waals surface area contributed by atoms with Crippen LogP contribution in [0.3, 0.4) is 0 Å². The van der Waals surface area contributed by atoms with Gasteiger partial charge in [-0.15, -0.1) is 0 Å². The van der Waals surface area contributed by atoms with Gasteiger partial charge >= 0.3 is 0 Å². The number of carbonyl (C=O) groups excluding carboxylic acids is 2. The first-order valence-electron chi connectivity index (χ1n) is 9.80. The number of hydrogen-bond acceptors (Lipinski definition) is 4. The number of amides is 2. The van der Waals surface area contributed by atoms with E-state index in [9.17, 15) is 9.59 Å². The normalized spacial score (nSPS) is 20.6. The predicted octanol–water partition coefficient (Wildman–Crippen LogP) is 2.33. The van der Waals surface area contributed by atoms with Crippen molar-refractivity contribution in [3.63, 3.8) is 0 Å². The van der Waals surface area contributed by atoms with Crippen molar-refractivity contribution in [2.24, 2.45) is 5.41 Å². The molecule has 0 radical (unpaired) electrons. The molecule has 0 saturated carbocycles. The summed E-state index contributed by atoms with van der Waals surface area (Å²) in [6, 6.07) is 9.45. The molecule has 1 atom stereocenters. The second-order valence-corrected chi connectivity index (χ2v) is 7.71. The number of methoxy groups -OCH3 is 1. The van der Waals surface area contributed by atoms with E-state index < -0.39 is 6.10 Å². The molecule has 148 valence electrons. The van der Waals surface area contributed by atoms with Crippen LogP contribution in [-0.4, -0.2) is 67.6 Å². The Labute approximate surface area is 161 Å². The highest BCUT2D eigenvalue weighted by Crippen LogP contribution is 2.40. The van der Waals surface area contributed by atoms with Crippen LogP contribution in [0.5, 0.6) is 5.75 Å². The molecule has 2 heterocycles. The molecule has 6 heteroatoms. The van der Waals surface area contributed by atoms with Gasteiger partial charge in [-0.3, -0.25) is 9.59 Å². The van der Waals surface area contributed by atoms with Gasteiger partial charge in [0.05, 0.1) is 6.61 Å². The molecule has 0 unspecified atom stereocenters. The summed E-state index contributed by atoms with van der Waals surface area (Å²) < 4.78 is 10.9. The molecule has 3 rings (SSSR count). The average molecular weight is 374 g/mol. The Morgan fingerprint density at radius 2 is 1.89 bits per heavy atom. The van der Waals surface area contributed by atoms with Gasteiger partial charge in [0.1, 0.15) is 5.75 Å². The van der Waals surface area contributed by atoms with Crippen LogP contribution in [0.1, 0.15) is 32.6 Å². The molecular weight excluding hydrogens is 344 g/mol. The SMILES string of the molecule is COCCN1CC2(CCC1=O)CCN(C(=O)[C@@H](C)Oc1ccccc1)CC2. The number of ether oxygens (including phenoxy) is 2. The van der Waals surface area contributed by atoms with E-state index in [1.807, 2.05) is 47.1 Å². The van der Waals surface area contributed by atoms with E-state index in [0.29, 0.717) is 25.3 Å². The van der Waals surface area contributed by atoms with Gasteiger partial charge in [0.25, 0.3) is 5.91 Å². The lowest BCUT2D eigenvalue weighted by molar-refractivity contribution is -0.145. The lowest BCUT2D eigenvalue weighted by Gasteiger charge is -2.47. The van der Waals surface area contributed by atoms with Crippen LogP contribution in [0.2, 0.25) is 0 Å². The first-order chi connectivity index (χ1) is 13.0. The van der Waals surface area contributed by atoms with E-state index >= 15 is 0 Å². The number of benzene rings is 1. The Morgan fingerprint density at radius 3 is 2.56 bits per heavy atom. The zero-order valence-corrected chi connectivity index (χ0v) is 16.4. The highest BCUT2D eigenvalue weighted by molar-refractivity contribution is 5.81. The summed E-state index contributed by atoms with van der Waals surface area (Å²) >= 11 is 0. The highest BCUT2D eigenvalue weighted by Gasteiger charge is 2.42. The molecule has 2 fully saturated rings. The molecule has 0 aromatic heterocycles. The predicted molar refractivity (Wildman–Crippen MR) is 102 cm³/mol. The van der Waals surface area contributed by atoms with Crippen molar-refractivity contribution < 1.29 is 19.1 Å². The summed E-state index contributed by atoms with van der Waals surface area (Å²) in [5.74, 6) is 0.976. The summed E-state index contributed by atoms with van der Waals surface area (Å²) in [5, 5.41) is 0. The van der Waals surface area contributed by atoms with E-state index in [4.69, 9.17) is 9.47 Å². The number of carbonyl (C=O) groups is 2. The number of piperidine rings is 2. The lowest BCUT2D eigenvalue weighted by Crippen LogP contribution is -2.54. The summed E-state index contributed by atoms with van der Waals surface area (Å²) in [5.41, 5.74) is 0.141. The highest BCUT2D eigenvalue weighted by atomic mass is 16.5. The van der Waals surface area contributed by atoms with E-state index in [-0.39, 0.29) is 17.2 Å². The zero-order valence-electron chi connectivity index (χ0n) is 16.4. The van der Waals surface area contributed by atoms with Crippen LogP contribution in [0, 0.1) is 5.41 Å². The van der Waals surface area contributed by atoms with Crippen molar-refractivity contribution >= 4 is 11.8 Å². The fraction of sp³-hybridized carbons (Fsp3) is 0.619. The third-order valence-electron chi connectivity index (χ3n) is 5.85. The molecule has 0 bridgehead atoms. The fourth-order valence-electron chi connectivity index (χ4n) is 4.13. The number of nitrogens with zero attached hydrogens (tertiary/aromatic N) is 2. The van der Waals surface area contributed by atoms with Crippen molar-refractivity contribution in [3.05, 3.63) is 30.3 Å². The smallest absolute Gasteiger partial charge is 0.263 e. The minimum absolute atomic E-state index is 0.0387. The standard InChI is InChI=1S/C21H30N2O4/c1-17(27-18-6-4-3-5-7-18)20(25)22-12-10-21(11-13-22)9-8-19(24)23(16-21)14-15-26-2/h3-7,17H,8-16H2,1-2H3/t17-/m1/s1. The maximum atomic E-state index is 12.8. The van der Waals surface area contributed by atoms with Gasteiger partial charge in [-0.25, -0.2) is 0 Å². The first-order valence-corrected chi connectivity index (χ1v) is 9.80. The van der Waals surface area contributed by atoms with E-state index in [0.717, 1.165) is 38.9 Å². The Kier molecular flexibility index (Phi) is 6.37. The van der Waals surface area contributed by atoms with Gasteiger partial charge in [-0.05, 0) is 43.7 Å². The van der Waals surface area contributed by atoms with Crippen molar-refractivity contribution in [2.75, 3.05) is 39.9 Å². The minimum atomic E-state index is -0.493. The quantitative estimate of drug-likeness (QED) is 0.767. The molecule has 2 saturated heterocycles. The second-order valence-electron chi connectivity index (χ2n) is 7.71. The molecule has 1 aromatic rings. The van der Waals surface area contributed by atoms with Gasteiger partial charge in [-0.1, -0.05) is 18.2 Å². The van der Waals surface area contributed by atoms with Gasteiger partial charge < -0.3 is 19.3 Å². The molecule has 1 aromatic carbocycles. The third-order valence-corrected chi connectivity index (χ3v) is 5.85. The summed E-state index contributed by atoms with van der Waals surface area (Å²) in [6.45, 7) is 5.28. The Balaban J connectivity index is 1.53. The monoisotopic (exact) mass is 374 g/mol. The van der Waals surface area contributed by atoms with Crippen molar-refractivity contribution in [1.82, 2.24) is 9.80 Å². The molecule has 2 aliphatic rings. The molecular formula is C21H30N2O4. The van der Waals surface area contributed by atoms with Crippen molar-refractivity contribution in [3.8, 4) is 5.75 Å². The summed E-state index contributed by atoms with van der Waals surface area (Å²) in [6.07, 6.45) is 2.91. The van der Waals surface area contributed by atoms with Gasteiger partial charge in [0, 0.05) is 39.7 Å². The summed E-state index contributed by atoms with van der Waals surface area (Å²) in [4.78, 5) is 28.7. The van der Waals surface area contributed by atoms with Gasteiger partial charge in [-0.2, -0.15) is 0 Å². The van der Waals surface area contributed by atoms with Crippen LogP contribution < -0.4 is 4.74 Å². The maximum Gasteiger partial charge on any atom is 0.263 e. The Hall–Kier alpha value is -2.08. The van der Waals surface area contributed by atoms with Crippen molar-refractivity contribution in [2.45, 2.75) is 38.7 Å². The fourth-order valence-corrected chi connectivity index (χ4v) is 4.13. The van der Waals surface area contributed by atoms with E-state index in [1.54, 1.807) is 7.11 Å². The van der Waals surface area contributed by atoms with Gasteiger partial charge in [0.15, 0.2) is 6.10 Å². The van der Waals surface area contributed by atoms with E-state index in [2.05, 4.69) is 0 Å².